The van der Waals surface area contributed by atoms with Gasteiger partial charge in [0.05, 0.1) is 26.4 Å². The zero-order valence-corrected chi connectivity index (χ0v) is 24.0. The third kappa shape index (κ3) is 4.52. The summed E-state index contributed by atoms with van der Waals surface area (Å²) in [5, 5.41) is 23.4. The van der Waals surface area contributed by atoms with Gasteiger partial charge < -0.3 is 52.8 Å². The summed E-state index contributed by atoms with van der Waals surface area (Å²) in [6, 6.07) is 8.91. The molecule has 0 aliphatic carbocycles. The molecule has 0 radical (unpaired) electrons. The number of aliphatic hydroxyl groups is 2. The summed E-state index contributed by atoms with van der Waals surface area (Å²) in [4.78, 5) is 13.3. The van der Waals surface area contributed by atoms with Crippen LogP contribution < -0.4 is 23.7 Å². The van der Waals surface area contributed by atoms with Crippen molar-refractivity contribution in [1.82, 2.24) is 0 Å². The van der Waals surface area contributed by atoms with Crippen LogP contribution in [-0.2, 0) is 25.6 Å². The number of hydrogen-bond acceptors (Lipinski definition) is 12. The molecule has 4 heterocycles. The monoisotopic (exact) mass is 596 g/mol. The molecule has 0 aromatic heterocycles. The number of esters is 1. The van der Waals surface area contributed by atoms with Crippen molar-refractivity contribution in [2.24, 2.45) is 5.92 Å². The Morgan fingerprint density at radius 3 is 2.37 bits per heavy atom. The Balaban J connectivity index is 1.36. The lowest BCUT2D eigenvalue weighted by molar-refractivity contribution is -0.353. The second kappa shape index (κ2) is 10.7. The second-order valence-electron chi connectivity index (χ2n) is 11.1. The maximum Gasteiger partial charge on any atom is 0.339 e. The van der Waals surface area contributed by atoms with E-state index < -0.39 is 43.0 Å². The molecule has 3 aromatic carbocycles. The van der Waals surface area contributed by atoms with Crippen LogP contribution in [-0.4, -0.2) is 80.8 Å². The number of methoxy groups -OCH3 is 2. The lowest BCUT2D eigenvalue weighted by Gasteiger charge is -2.46. The van der Waals surface area contributed by atoms with Crippen molar-refractivity contribution in [3.8, 4) is 39.9 Å². The maximum atomic E-state index is 13.3. The quantitative estimate of drug-likeness (QED) is 0.404. The van der Waals surface area contributed by atoms with Crippen molar-refractivity contribution >= 4 is 16.7 Å². The number of fused-ring (bicyclic) bond motifs is 4. The molecule has 0 unspecified atom stereocenters. The SMILES string of the molecule is COc1cc2c(O[C@@H]3O[C@@H]4CO[C@@H](C(C)C)O[C@H]4[C@H](O)[C@H]3O)c3c(c(-c4ccc5c(c4)OCO5)c2cc1OC)C(=O)OC3. The summed E-state index contributed by atoms with van der Waals surface area (Å²) in [5.41, 5.74) is 2.02. The van der Waals surface area contributed by atoms with Crippen molar-refractivity contribution in [3.63, 3.8) is 0 Å². The number of ether oxygens (including phenoxy) is 9. The molecule has 0 amide bonds. The summed E-state index contributed by atoms with van der Waals surface area (Å²) < 4.78 is 52.1. The van der Waals surface area contributed by atoms with E-state index in [0.717, 1.165) is 0 Å². The second-order valence-corrected chi connectivity index (χ2v) is 11.1. The van der Waals surface area contributed by atoms with Crippen molar-refractivity contribution in [3.05, 3.63) is 41.5 Å². The first-order valence-electron chi connectivity index (χ1n) is 14.1. The van der Waals surface area contributed by atoms with Gasteiger partial charge in [-0.25, -0.2) is 4.79 Å². The number of cyclic esters (lactones) is 1. The number of carbonyl (C=O) groups excluding carboxylic acids is 1. The first-order valence-corrected chi connectivity index (χ1v) is 14.1. The molecule has 12 nitrogen and oxygen atoms in total. The molecule has 0 spiro atoms. The highest BCUT2D eigenvalue weighted by Crippen LogP contribution is 2.50. The Labute approximate surface area is 246 Å². The highest BCUT2D eigenvalue weighted by atomic mass is 16.8. The molecule has 43 heavy (non-hydrogen) atoms. The topological polar surface area (TPSA) is 141 Å². The van der Waals surface area contributed by atoms with Gasteiger partial charge >= 0.3 is 5.97 Å². The molecule has 228 valence electrons. The average Bonchev–Trinajstić information content (AvgIpc) is 3.64. The number of hydrogen-bond donors (Lipinski definition) is 2. The minimum atomic E-state index is -1.47. The van der Waals surface area contributed by atoms with Gasteiger partial charge in [0.15, 0.2) is 29.3 Å². The van der Waals surface area contributed by atoms with Crippen molar-refractivity contribution in [1.29, 1.82) is 0 Å². The van der Waals surface area contributed by atoms with Gasteiger partial charge in [0.2, 0.25) is 13.1 Å². The summed E-state index contributed by atoms with van der Waals surface area (Å²) >= 11 is 0. The third-order valence-electron chi connectivity index (χ3n) is 8.21. The number of rotatable bonds is 6. The van der Waals surface area contributed by atoms with Crippen LogP contribution in [0.15, 0.2) is 30.3 Å². The van der Waals surface area contributed by atoms with Crippen LogP contribution in [0.4, 0.5) is 0 Å². The average molecular weight is 597 g/mol. The Morgan fingerprint density at radius 2 is 1.63 bits per heavy atom. The minimum absolute atomic E-state index is 0.0426. The molecule has 0 bridgehead atoms. The van der Waals surface area contributed by atoms with Crippen LogP contribution >= 0.6 is 0 Å². The molecular formula is C31H32O12. The van der Waals surface area contributed by atoms with E-state index in [1.807, 2.05) is 19.9 Å². The van der Waals surface area contributed by atoms with E-state index in [0.29, 0.717) is 56.0 Å². The fourth-order valence-electron chi connectivity index (χ4n) is 6.05. The third-order valence-corrected chi connectivity index (χ3v) is 8.21. The first-order chi connectivity index (χ1) is 20.8. The molecule has 0 saturated carbocycles. The Hall–Kier alpha value is -3.81. The van der Waals surface area contributed by atoms with Crippen LogP contribution in [0.2, 0.25) is 0 Å². The molecule has 3 aromatic rings. The number of aliphatic hydroxyl groups excluding tert-OH is 2. The fraction of sp³-hybridized carbons (Fsp3) is 0.452. The van der Waals surface area contributed by atoms with Crippen molar-refractivity contribution in [2.75, 3.05) is 27.6 Å². The molecule has 2 fully saturated rings. The molecule has 12 heteroatoms. The van der Waals surface area contributed by atoms with Crippen molar-refractivity contribution in [2.45, 2.75) is 57.5 Å². The van der Waals surface area contributed by atoms with Crippen molar-refractivity contribution < 1.29 is 57.6 Å². The Morgan fingerprint density at radius 1 is 0.884 bits per heavy atom. The predicted octanol–water partition coefficient (Wildman–Crippen LogP) is 3.15. The van der Waals surface area contributed by atoms with Crippen LogP contribution in [0, 0.1) is 5.92 Å². The summed E-state index contributed by atoms with van der Waals surface area (Å²) in [5.74, 6) is 1.74. The van der Waals surface area contributed by atoms with E-state index in [1.54, 1.807) is 24.3 Å². The van der Waals surface area contributed by atoms with Gasteiger partial charge in [-0.2, -0.15) is 0 Å². The summed E-state index contributed by atoms with van der Waals surface area (Å²) in [6.07, 6.45) is -6.13. The van der Waals surface area contributed by atoms with Gasteiger partial charge in [-0.3, -0.25) is 0 Å². The van der Waals surface area contributed by atoms with E-state index in [4.69, 9.17) is 42.6 Å². The lowest BCUT2D eigenvalue weighted by atomic mass is 9.89. The Bertz CT molecular complexity index is 1580. The minimum Gasteiger partial charge on any atom is -0.493 e. The molecule has 2 saturated heterocycles. The summed E-state index contributed by atoms with van der Waals surface area (Å²) in [6.45, 7) is 4.05. The summed E-state index contributed by atoms with van der Waals surface area (Å²) in [7, 11) is 3.03. The van der Waals surface area contributed by atoms with Gasteiger partial charge in [0.1, 0.15) is 36.8 Å². The zero-order valence-electron chi connectivity index (χ0n) is 24.0. The van der Waals surface area contributed by atoms with Gasteiger partial charge in [-0.15, -0.1) is 0 Å². The standard InChI is InChI=1S/C31H32O12/c1-13(2)30-38-11-22-28(43-30)25(32)26(33)31(41-22)42-27-16-9-20(36-4)19(35-3)8-15(16)23(24-17(27)10-37-29(24)34)14-5-6-18-21(7-14)40-12-39-18/h5-9,13,22,25-26,28,30-33H,10-12H2,1-4H3/t22-,25-,26-,28-,30-,31+/m1/s1. The van der Waals surface area contributed by atoms with Crippen LogP contribution in [0.1, 0.15) is 29.8 Å². The normalized spacial score (nSPS) is 27.6. The smallest absolute Gasteiger partial charge is 0.339 e. The molecule has 2 N–H and O–H groups in total. The zero-order chi connectivity index (χ0) is 30.0. The van der Waals surface area contributed by atoms with Crippen LogP contribution in [0.3, 0.4) is 0 Å². The molecular weight excluding hydrogens is 564 g/mol. The van der Waals surface area contributed by atoms with E-state index in [1.165, 1.54) is 14.2 Å². The van der Waals surface area contributed by atoms with Gasteiger partial charge in [-0.05, 0) is 35.2 Å². The van der Waals surface area contributed by atoms with Gasteiger partial charge in [0, 0.05) is 22.4 Å². The largest absolute Gasteiger partial charge is 0.493 e. The maximum absolute atomic E-state index is 13.3. The van der Waals surface area contributed by atoms with E-state index >= 15 is 0 Å². The predicted molar refractivity (Wildman–Crippen MR) is 148 cm³/mol. The highest BCUT2D eigenvalue weighted by Gasteiger charge is 2.50. The first kappa shape index (κ1) is 28.0. The number of benzene rings is 3. The molecule has 4 aliphatic heterocycles. The molecule has 6 atom stereocenters. The van der Waals surface area contributed by atoms with E-state index in [9.17, 15) is 15.0 Å². The molecule has 4 aliphatic rings. The number of carbonyl (C=O) groups is 1. The van der Waals surface area contributed by atoms with E-state index in [-0.39, 0.29) is 31.7 Å². The van der Waals surface area contributed by atoms with E-state index in [2.05, 4.69) is 0 Å². The van der Waals surface area contributed by atoms with Gasteiger partial charge in [-0.1, -0.05) is 19.9 Å². The lowest BCUT2D eigenvalue weighted by Crippen LogP contribution is -2.64. The van der Waals surface area contributed by atoms with Crippen LogP contribution in [0.25, 0.3) is 21.9 Å². The Kier molecular flexibility index (Phi) is 6.98. The highest BCUT2D eigenvalue weighted by molar-refractivity contribution is 6.14. The molecule has 7 rings (SSSR count). The van der Waals surface area contributed by atoms with Gasteiger partial charge in [0.25, 0.3) is 0 Å². The van der Waals surface area contributed by atoms with Crippen LogP contribution in [0.5, 0.6) is 28.7 Å². The fourth-order valence-corrected chi connectivity index (χ4v) is 6.05.